The fraction of sp³-hybridized carbons (Fsp3) is 0.440. The van der Waals surface area contributed by atoms with E-state index in [0.29, 0.717) is 50.2 Å². The van der Waals surface area contributed by atoms with E-state index in [4.69, 9.17) is 4.74 Å². The van der Waals surface area contributed by atoms with Crippen molar-refractivity contribution in [2.75, 3.05) is 20.2 Å². The number of methoxy groups -OCH3 is 1. The van der Waals surface area contributed by atoms with Crippen molar-refractivity contribution in [3.05, 3.63) is 59.3 Å². The molecule has 1 N–H and O–H groups in total. The second-order valence-electron chi connectivity index (χ2n) is 9.27. The van der Waals surface area contributed by atoms with Gasteiger partial charge in [0.15, 0.2) is 0 Å². The molecule has 8 heteroatoms. The minimum absolute atomic E-state index is 0.0393. The first kappa shape index (κ1) is 21.4. The predicted octanol–water partition coefficient (Wildman–Crippen LogP) is 2.42. The molecule has 5 rings (SSSR count). The summed E-state index contributed by atoms with van der Waals surface area (Å²) in [7, 11) is 1.50. The number of carbonyl (C=O) groups excluding carboxylic acids is 3. The Balaban J connectivity index is 1.27. The zero-order valence-corrected chi connectivity index (χ0v) is 18.9. The first-order chi connectivity index (χ1) is 15.9. The fourth-order valence-electron chi connectivity index (χ4n) is 5.55. The Hall–Kier alpha value is -3.42. The Labute approximate surface area is 192 Å². The molecule has 1 atom stereocenters. The average molecular weight is 449 g/mol. The van der Waals surface area contributed by atoms with Crippen molar-refractivity contribution >= 4 is 17.8 Å². The molecular weight excluding hydrogens is 420 g/mol. The molecule has 2 aromatic rings. The number of ether oxygens (including phenoxy) is 1. The number of nitrogens with zero attached hydrogens (tertiary/aromatic N) is 3. The number of pyridine rings is 1. The Bertz CT molecular complexity index is 1090. The number of piperidine rings is 1. The Morgan fingerprint density at radius 3 is 2.39 bits per heavy atom. The first-order valence-electron chi connectivity index (χ1n) is 11.4. The average Bonchev–Trinajstić information content (AvgIpc) is 3.36. The monoisotopic (exact) mass is 448 g/mol. The Morgan fingerprint density at radius 1 is 1.09 bits per heavy atom. The predicted molar refractivity (Wildman–Crippen MR) is 121 cm³/mol. The van der Waals surface area contributed by atoms with Crippen molar-refractivity contribution < 1.29 is 19.1 Å². The molecule has 172 valence electrons. The van der Waals surface area contributed by atoms with Gasteiger partial charge in [-0.25, -0.2) is 9.78 Å². The van der Waals surface area contributed by atoms with E-state index in [-0.39, 0.29) is 29.8 Å². The summed E-state index contributed by atoms with van der Waals surface area (Å²) in [5, 5.41) is 3.00. The molecule has 0 spiro atoms. The molecule has 0 bridgehead atoms. The SMILES string of the molecule is COc1ncccc1C(=O)N1CCC([C@]2(C)NC(=O)N(C3Cc4ccccc4C3)C2=O)CC1. The second kappa shape index (κ2) is 8.17. The van der Waals surface area contributed by atoms with Crippen LogP contribution < -0.4 is 10.1 Å². The topological polar surface area (TPSA) is 91.8 Å². The van der Waals surface area contributed by atoms with Crippen molar-refractivity contribution in [2.24, 2.45) is 5.92 Å². The number of nitrogens with one attached hydrogen (secondary N) is 1. The highest BCUT2D eigenvalue weighted by Gasteiger charge is 2.55. The molecule has 1 aromatic heterocycles. The maximum Gasteiger partial charge on any atom is 0.325 e. The number of rotatable bonds is 4. The van der Waals surface area contributed by atoms with E-state index in [0.717, 1.165) is 0 Å². The first-order valence-corrected chi connectivity index (χ1v) is 11.4. The number of amides is 4. The summed E-state index contributed by atoms with van der Waals surface area (Å²) in [5.41, 5.74) is 1.89. The third kappa shape index (κ3) is 3.53. The molecule has 8 nitrogen and oxygen atoms in total. The molecule has 1 aromatic carbocycles. The molecule has 4 amide bonds. The zero-order valence-electron chi connectivity index (χ0n) is 18.9. The summed E-state index contributed by atoms with van der Waals surface area (Å²) in [6.45, 7) is 2.85. The maximum absolute atomic E-state index is 13.5. The number of benzene rings is 1. The largest absolute Gasteiger partial charge is 0.480 e. The second-order valence-corrected chi connectivity index (χ2v) is 9.27. The van der Waals surface area contributed by atoms with Gasteiger partial charge in [-0.1, -0.05) is 24.3 Å². The lowest BCUT2D eigenvalue weighted by atomic mass is 9.78. The molecule has 3 heterocycles. The number of likely N-dealkylation sites (tertiary alicyclic amines) is 1. The van der Waals surface area contributed by atoms with Crippen LogP contribution in [0.25, 0.3) is 0 Å². The third-order valence-corrected chi connectivity index (χ3v) is 7.44. The van der Waals surface area contributed by atoms with Gasteiger partial charge >= 0.3 is 6.03 Å². The summed E-state index contributed by atoms with van der Waals surface area (Å²) < 4.78 is 5.23. The highest BCUT2D eigenvalue weighted by atomic mass is 16.5. The van der Waals surface area contributed by atoms with Gasteiger partial charge in [0.2, 0.25) is 5.88 Å². The van der Waals surface area contributed by atoms with Crippen LogP contribution in [-0.2, 0) is 17.6 Å². The van der Waals surface area contributed by atoms with Crippen LogP contribution in [0.4, 0.5) is 4.79 Å². The minimum atomic E-state index is -0.951. The number of hydrogen-bond donors (Lipinski definition) is 1. The molecule has 33 heavy (non-hydrogen) atoms. The van der Waals surface area contributed by atoms with E-state index in [1.807, 2.05) is 19.1 Å². The molecule has 2 aliphatic heterocycles. The zero-order chi connectivity index (χ0) is 23.2. The van der Waals surface area contributed by atoms with Gasteiger partial charge in [-0.3, -0.25) is 14.5 Å². The van der Waals surface area contributed by atoms with Crippen molar-refractivity contribution in [3.63, 3.8) is 0 Å². The highest BCUT2D eigenvalue weighted by Crippen LogP contribution is 2.37. The normalized spacial score (nSPS) is 23.6. The van der Waals surface area contributed by atoms with Gasteiger partial charge < -0.3 is 15.0 Å². The van der Waals surface area contributed by atoms with Crippen molar-refractivity contribution in [1.29, 1.82) is 0 Å². The molecule has 0 saturated carbocycles. The van der Waals surface area contributed by atoms with E-state index in [1.165, 1.54) is 23.1 Å². The maximum atomic E-state index is 13.5. The van der Waals surface area contributed by atoms with Crippen LogP contribution in [0.15, 0.2) is 42.6 Å². The van der Waals surface area contributed by atoms with Crippen LogP contribution in [0, 0.1) is 5.92 Å². The van der Waals surface area contributed by atoms with Gasteiger partial charge in [-0.05, 0) is 61.8 Å². The number of carbonyl (C=O) groups is 3. The summed E-state index contributed by atoms with van der Waals surface area (Å²) in [6.07, 6.45) is 4.26. The van der Waals surface area contributed by atoms with Crippen LogP contribution in [0.2, 0.25) is 0 Å². The van der Waals surface area contributed by atoms with Gasteiger partial charge in [-0.15, -0.1) is 0 Å². The van der Waals surface area contributed by atoms with Crippen LogP contribution in [0.3, 0.4) is 0 Å². The van der Waals surface area contributed by atoms with Crippen LogP contribution in [-0.4, -0.2) is 64.4 Å². The van der Waals surface area contributed by atoms with E-state index in [2.05, 4.69) is 22.4 Å². The number of aromatic nitrogens is 1. The number of urea groups is 1. The number of imide groups is 1. The number of fused-ring (bicyclic) bond motifs is 1. The van der Waals surface area contributed by atoms with Gasteiger partial charge in [0.25, 0.3) is 11.8 Å². The number of hydrogen-bond acceptors (Lipinski definition) is 5. The highest BCUT2D eigenvalue weighted by molar-refractivity contribution is 6.07. The lowest BCUT2D eigenvalue weighted by Gasteiger charge is -2.39. The molecule has 3 aliphatic rings. The van der Waals surface area contributed by atoms with Crippen molar-refractivity contribution in [1.82, 2.24) is 20.1 Å². The smallest absolute Gasteiger partial charge is 0.325 e. The summed E-state index contributed by atoms with van der Waals surface area (Å²) in [5.74, 6) is -0.00899. The molecule has 0 radical (unpaired) electrons. The third-order valence-electron chi connectivity index (χ3n) is 7.44. The Morgan fingerprint density at radius 2 is 1.76 bits per heavy atom. The van der Waals surface area contributed by atoms with E-state index >= 15 is 0 Å². The minimum Gasteiger partial charge on any atom is -0.480 e. The molecule has 1 aliphatic carbocycles. The van der Waals surface area contributed by atoms with Gasteiger partial charge in [-0.2, -0.15) is 0 Å². The summed E-state index contributed by atoms with van der Waals surface area (Å²) in [6, 6.07) is 11.1. The van der Waals surface area contributed by atoms with Crippen LogP contribution in [0.1, 0.15) is 41.3 Å². The standard InChI is InChI=1S/C25H28N4O4/c1-25(18-9-12-28(13-10-18)22(30)20-8-5-11-26-21(20)33-2)23(31)29(24(32)27-25)19-14-16-6-3-4-7-17(16)15-19/h3-8,11,18-19H,9-10,12-15H2,1-2H3,(H,27,32)/t25-/m0/s1. The molecule has 2 fully saturated rings. The molecule has 0 unspecified atom stereocenters. The van der Waals surface area contributed by atoms with Crippen LogP contribution in [0.5, 0.6) is 5.88 Å². The Kier molecular flexibility index (Phi) is 5.31. The molecule has 2 saturated heterocycles. The van der Waals surface area contributed by atoms with Crippen LogP contribution >= 0.6 is 0 Å². The van der Waals surface area contributed by atoms with E-state index in [9.17, 15) is 14.4 Å². The summed E-state index contributed by atoms with van der Waals surface area (Å²) in [4.78, 5) is 46.8. The summed E-state index contributed by atoms with van der Waals surface area (Å²) >= 11 is 0. The van der Waals surface area contributed by atoms with Gasteiger partial charge in [0.1, 0.15) is 11.1 Å². The quantitative estimate of drug-likeness (QED) is 0.726. The van der Waals surface area contributed by atoms with Gasteiger partial charge in [0.05, 0.1) is 7.11 Å². The fourth-order valence-corrected chi connectivity index (χ4v) is 5.55. The lowest BCUT2D eigenvalue weighted by Crippen LogP contribution is -2.55. The van der Waals surface area contributed by atoms with Gasteiger partial charge in [0, 0.05) is 25.3 Å². The van der Waals surface area contributed by atoms with E-state index < -0.39 is 5.54 Å². The van der Waals surface area contributed by atoms with E-state index in [1.54, 1.807) is 23.2 Å². The van der Waals surface area contributed by atoms with Crippen molar-refractivity contribution in [3.8, 4) is 5.88 Å². The van der Waals surface area contributed by atoms with Crippen molar-refractivity contribution in [2.45, 2.75) is 44.2 Å². The lowest BCUT2D eigenvalue weighted by molar-refractivity contribution is -0.134. The molecular formula is C25H28N4O4.